The lowest BCUT2D eigenvalue weighted by molar-refractivity contribution is 0.563. The van der Waals surface area contributed by atoms with Crippen molar-refractivity contribution in [2.75, 3.05) is 6.54 Å². The Hall–Kier alpha value is -0.920. The van der Waals surface area contributed by atoms with E-state index in [1.165, 1.54) is 15.3 Å². The molecule has 0 unspecified atom stereocenters. The molecule has 0 saturated carbocycles. The highest BCUT2D eigenvalue weighted by atomic mass is 32.1. The summed E-state index contributed by atoms with van der Waals surface area (Å²) in [6, 6.07) is 2.15. The van der Waals surface area contributed by atoms with Gasteiger partial charge in [-0.25, -0.2) is 9.79 Å². The molecular weight excluding hydrogens is 170 g/mol. The Bertz CT molecular complexity index is 310. The number of isocyanates is 1. The van der Waals surface area contributed by atoms with Gasteiger partial charge in [-0.15, -0.1) is 11.3 Å². The topological polar surface area (TPSA) is 29.4 Å². The summed E-state index contributed by atoms with van der Waals surface area (Å²) < 4.78 is 0. The molecular formula is C9H11NOS. The summed E-state index contributed by atoms with van der Waals surface area (Å²) in [7, 11) is 0. The van der Waals surface area contributed by atoms with Crippen LogP contribution in [0.15, 0.2) is 11.1 Å². The number of hydrogen-bond donors (Lipinski definition) is 0. The molecule has 0 bridgehead atoms. The van der Waals surface area contributed by atoms with Crippen LogP contribution in [0.3, 0.4) is 0 Å². The maximum Gasteiger partial charge on any atom is 0.234 e. The van der Waals surface area contributed by atoms with Gasteiger partial charge in [0.2, 0.25) is 6.08 Å². The second-order valence-electron chi connectivity index (χ2n) is 2.66. The third-order valence-electron chi connectivity index (χ3n) is 1.70. The first-order valence-electron chi connectivity index (χ1n) is 3.83. The minimum absolute atomic E-state index is 0.556. The van der Waals surface area contributed by atoms with Crippen molar-refractivity contribution in [1.82, 2.24) is 0 Å². The quantitative estimate of drug-likeness (QED) is 0.519. The van der Waals surface area contributed by atoms with E-state index < -0.39 is 0 Å². The van der Waals surface area contributed by atoms with Crippen LogP contribution >= 0.6 is 11.3 Å². The average Bonchev–Trinajstić information content (AvgIpc) is 2.31. The van der Waals surface area contributed by atoms with Gasteiger partial charge >= 0.3 is 0 Å². The highest BCUT2D eigenvalue weighted by Crippen LogP contribution is 2.20. The lowest BCUT2D eigenvalue weighted by Gasteiger charge is -1.92. The molecule has 1 rings (SSSR count). The molecule has 1 aromatic rings. The summed E-state index contributed by atoms with van der Waals surface area (Å²) in [5, 5.41) is 0. The molecule has 0 amide bonds. The Morgan fingerprint density at radius 2 is 2.33 bits per heavy atom. The Morgan fingerprint density at radius 1 is 1.58 bits per heavy atom. The van der Waals surface area contributed by atoms with Gasteiger partial charge in [-0.3, -0.25) is 0 Å². The van der Waals surface area contributed by atoms with E-state index in [1.54, 1.807) is 17.4 Å². The predicted octanol–water partition coefficient (Wildman–Crippen LogP) is 2.24. The third-order valence-corrected chi connectivity index (χ3v) is 2.71. The summed E-state index contributed by atoms with van der Waals surface area (Å²) in [6.07, 6.45) is 2.40. The van der Waals surface area contributed by atoms with E-state index >= 15 is 0 Å². The molecule has 0 aliphatic heterocycles. The van der Waals surface area contributed by atoms with Gasteiger partial charge in [0.25, 0.3) is 0 Å². The molecule has 0 saturated heterocycles. The highest BCUT2D eigenvalue weighted by Gasteiger charge is 2.00. The number of aryl methyl sites for hydroxylation is 2. The van der Waals surface area contributed by atoms with Crippen LogP contribution in [-0.2, 0) is 11.2 Å². The van der Waals surface area contributed by atoms with Crippen molar-refractivity contribution in [3.63, 3.8) is 0 Å². The zero-order valence-corrected chi connectivity index (χ0v) is 8.07. The van der Waals surface area contributed by atoms with Crippen molar-refractivity contribution < 1.29 is 4.79 Å². The molecule has 64 valence electrons. The summed E-state index contributed by atoms with van der Waals surface area (Å²) in [4.78, 5) is 16.0. The number of thiophene rings is 1. The van der Waals surface area contributed by atoms with Crippen molar-refractivity contribution in [3.05, 3.63) is 21.4 Å². The molecule has 0 fully saturated rings. The van der Waals surface area contributed by atoms with E-state index in [1.807, 2.05) is 0 Å². The number of rotatable bonds is 3. The van der Waals surface area contributed by atoms with E-state index in [4.69, 9.17) is 0 Å². The van der Waals surface area contributed by atoms with Gasteiger partial charge in [-0.2, -0.15) is 0 Å². The summed E-state index contributed by atoms with van der Waals surface area (Å²) in [5.74, 6) is 0. The number of aliphatic imine (C=N–C) groups is 1. The fourth-order valence-electron chi connectivity index (χ4n) is 1.15. The van der Waals surface area contributed by atoms with E-state index in [0.29, 0.717) is 6.54 Å². The van der Waals surface area contributed by atoms with Gasteiger partial charge in [-0.1, -0.05) is 0 Å². The molecule has 0 atom stereocenters. The van der Waals surface area contributed by atoms with Crippen LogP contribution in [0.1, 0.15) is 15.3 Å². The lowest BCUT2D eigenvalue weighted by Crippen LogP contribution is -1.87. The highest BCUT2D eigenvalue weighted by molar-refractivity contribution is 7.12. The van der Waals surface area contributed by atoms with Crippen molar-refractivity contribution >= 4 is 17.4 Å². The first-order valence-corrected chi connectivity index (χ1v) is 4.65. The summed E-state index contributed by atoms with van der Waals surface area (Å²) >= 11 is 1.79. The molecule has 12 heavy (non-hydrogen) atoms. The fraction of sp³-hybridized carbons (Fsp3) is 0.444. The largest absolute Gasteiger partial charge is 0.234 e. The Balaban J connectivity index is 2.62. The number of carbonyl (C=O) groups excluding carboxylic acids is 1. The average molecular weight is 181 g/mol. The van der Waals surface area contributed by atoms with Crippen molar-refractivity contribution in [1.29, 1.82) is 0 Å². The van der Waals surface area contributed by atoms with Crippen LogP contribution in [0, 0.1) is 13.8 Å². The van der Waals surface area contributed by atoms with Crippen molar-refractivity contribution in [2.24, 2.45) is 4.99 Å². The number of nitrogens with zero attached hydrogens (tertiary/aromatic N) is 1. The van der Waals surface area contributed by atoms with Crippen molar-refractivity contribution in [3.8, 4) is 0 Å². The molecule has 0 N–H and O–H groups in total. The van der Waals surface area contributed by atoms with Crippen LogP contribution in [0.4, 0.5) is 0 Å². The van der Waals surface area contributed by atoms with E-state index in [9.17, 15) is 4.79 Å². The second kappa shape index (κ2) is 4.19. The molecule has 1 aromatic heterocycles. The van der Waals surface area contributed by atoms with Crippen LogP contribution in [0.5, 0.6) is 0 Å². The van der Waals surface area contributed by atoms with Gasteiger partial charge in [0.05, 0.1) is 6.54 Å². The standard InChI is InChI=1S/C9H11NOS/c1-7-5-9(8(2)12-7)3-4-10-6-11/h5H,3-4H2,1-2H3. The molecule has 0 aliphatic carbocycles. The Morgan fingerprint density at radius 3 is 2.83 bits per heavy atom. The van der Waals surface area contributed by atoms with E-state index in [0.717, 1.165) is 6.42 Å². The smallest absolute Gasteiger partial charge is 0.211 e. The number of hydrogen-bond acceptors (Lipinski definition) is 3. The third kappa shape index (κ3) is 2.29. The minimum atomic E-state index is 0.556. The molecule has 0 spiro atoms. The maximum absolute atomic E-state index is 9.80. The fourth-order valence-corrected chi connectivity index (χ4v) is 2.13. The monoisotopic (exact) mass is 181 g/mol. The second-order valence-corrected chi connectivity index (χ2v) is 4.12. The summed E-state index contributed by atoms with van der Waals surface area (Å²) in [5.41, 5.74) is 1.30. The predicted molar refractivity (Wildman–Crippen MR) is 50.5 cm³/mol. The van der Waals surface area contributed by atoms with Crippen LogP contribution in [0.2, 0.25) is 0 Å². The molecule has 1 heterocycles. The van der Waals surface area contributed by atoms with Crippen LogP contribution in [0.25, 0.3) is 0 Å². The first-order chi connectivity index (χ1) is 5.74. The lowest BCUT2D eigenvalue weighted by atomic mass is 10.2. The summed E-state index contributed by atoms with van der Waals surface area (Å²) in [6.45, 7) is 4.74. The maximum atomic E-state index is 9.80. The van der Waals surface area contributed by atoms with Crippen LogP contribution < -0.4 is 0 Å². The van der Waals surface area contributed by atoms with Gasteiger partial charge in [0.15, 0.2) is 0 Å². The molecule has 0 radical (unpaired) electrons. The van der Waals surface area contributed by atoms with Gasteiger partial charge in [0, 0.05) is 9.75 Å². The molecule has 3 heteroatoms. The van der Waals surface area contributed by atoms with Gasteiger partial charge in [0.1, 0.15) is 0 Å². The first kappa shape index (κ1) is 9.17. The molecule has 0 aromatic carbocycles. The van der Waals surface area contributed by atoms with Crippen molar-refractivity contribution in [2.45, 2.75) is 20.3 Å². The Kier molecular flexibility index (Phi) is 3.20. The SMILES string of the molecule is Cc1cc(CCN=C=O)c(C)s1. The zero-order valence-electron chi connectivity index (χ0n) is 7.26. The minimum Gasteiger partial charge on any atom is -0.211 e. The molecule has 2 nitrogen and oxygen atoms in total. The van der Waals surface area contributed by atoms with Gasteiger partial charge < -0.3 is 0 Å². The Labute approximate surface area is 76.0 Å². The zero-order chi connectivity index (χ0) is 8.97. The normalized spacial score (nSPS) is 9.50. The molecule has 0 aliphatic rings. The van der Waals surface area contributed by atoms with E-state index in [-0.39, 0.29) is 0 Å². The van der Waals surface area contributed by atoms with Gasteiger partial charge in [-0.05, 0) is 31.9 Å². The van der Waals surface area contributed by atoms with E-state index in [2.05, 4.69) is 24.9 Å². The van der Waals surface area contributed by atoms with Crippen LogP contribution in [-0.4, -0.2) is 12.6 Å².